The second-order valence-electron chi connectivity index (χ2n) is 4.36. The Kier molecular flexibility index (Phi) is 3.93. The van der Waals surface area contributed by atoms with Gasteiger partial charge in [-0.2, -0.15) is 0 Å². The molecule has 5 heteroatoms. The topological polar surface area (TPSA) is 61.5 Å². The fraction of sp³-hybridized carbons (Fsp3) is 0.143. The van der Waals surface area contributed by atoms with Crippen LogP contribution in [-0.2, 0) is 4.57 Å². The summed E-state index contributed by atoms with van der Waals surface area (Å²) in [5, 5.41) is 0. The van der Waals surface area contributed by atoms with Crippen LogP contribution < -0.4 is 14.6 Å². The fourth-order valence-corrected chi connectivity index (χ4v) is 2.51. The molecule has 0 aromatic heterocycles. The highest BCUT2D eigenvalue weighted by atomic mass is 31.2. The lowest BCUT2D eigenvalue weighted by Crippen LogP contribution is -2.09. The molecule has 0 bridgehead atoms. The van der Waals surface area contributed by atoms with Crippen molar-refractivity contribution in [1.82, 2.24) is 0 Å². The molecule has 0 heterocycles. The molecule has 2 N–H and O–H groups in total. The van der Waals surface area contributed by atoms with E-state index >= 15 is 0 Å². The van der Waals surface area contributed by atoms with Gasteiger partial charge in [-0.25, -0.2) is 10.1 Å². The molecule has 4 nitrogen and oxygen atoms in total. The average molecular weight is 277 g/mol. The lowest BCUT2D eigenvalue weighted by atomic mass is 10.2. The first-order valence-electron chi connectivity index (χ1n) is 5.86. The van der Waals surface area contributed by atoms with Crippen molar-refractivity contribution in [3.05, 3.63) is 59.7 Å². The molecule has 0 radical (unpaired) electrons. The van der Waals surface area contributed by atoms with E-state index in [1.165, 1.54) is 0 Å². The Bertz CT molecular complexity index is 576. The SMILES string of the molecule is Cc1cccc(OP(N)(=O)Oc2cccc(C)c2)c1. The monoisotopic (exact) mass is 277 g/mol. The molecule has 0 saturated carbocycles. The van der Waals surface area contributed by atoms with E-state index in [2.05, 4.69) is 0 Å². The summed E-state index contributed by atoms with van der Waals surface area (Å²) >= 11 is 0. The third-order valence-corrected chi connectivity index (χ3v) is 3.37. The summed E-state index contributed by atoms with van der Waals surface area (Å²) < 4.78 is 22.6. The number of benzene rings is 2. The molecule has 100 valence electrons. The van der Waals surface area contributed by atoms with Gasteiger partial charge in [0.25, 0.3) is 0 Å². The highest BCUT2D eigenvalue weighted by Crippen LogP contribution is 2.41. The van der Waals surface area contributed by atoms with E-state index in [0.29, 0.717) is 11.5 Å². The van der Waals surface area contributed by atoms with Crippen LogP contribution in [0.1, 0.15) is 11.1 Å². The molecule has 0 fully saturated rings. The van der Waals surface area contributed by atoms with Crippen LogP contribution in [0.25, 0.3) is 0 Å². The molecule has 0 atom stereocenters. The summed E-state index contributed by atoms with van der Waals surface area (Å²) in [5.41, 5.74) is 7.58. The molecule has 19 heavy (non-hydrogen) atoms. The van der Waals surface area contributed by atoms with Crippen molar-refractivity contribution in [3.8, 4) is 11.5 Å². The number of aryl methyl sites for hydroxylation is 2. The second kappa shape index (κ2) is 5.47. The fourth-order valence-electron chi connectivity index (χ4n) is 1.66. The number of hydrogen-bond donors (Lipinski definition) is 1. The van der Waals surface area contributed by atoms with Gasteiger partial charge in [0.1, 0.15) is 11.5 Å². The molecule has 0 amide bonds. The molecule has 0 aliphatic rings. The predicted molar refractivity (Wildman–Crippen MR) is 75.4 cm³/mol. The van der Waals surface area contributed by atoms with Gasteiger partial charge >= 0.3 is 7.75 Å². The van der Waals surface area contributed by atoms with Gasteiger partial charge < -0.3 is 9.05 Å². The Balaban J connectivity index is 2.12. The molecule has 0 unspecified atom stereocenters. The van der Waals surface area contributed by atoms with Crippen LogP contribution >= 0.6 is 7.75 Å². The lowest BCUT2D eigenvalue weighted by molar-refractivity contribution is 0.387. The normalized spacial score (nSPS) is 11.1. The molecule has 2 aromatic rings. The van der Waals surface area contributed by atoms with Crippen molar-refractivity contribution in [1.29, 1.82) is 0 Å². The molecular weight excluding hydrogens is 261 g/mol. The van der Waals surface area contributed by atoms with Crippen molar-refractivity contribution in [2.75, 3.05) is 0 Å². The summed E-state index contributed by atoms with van der Waals surface area (Å²) in [5.74, 6) is 0.858. The zero-order chi connectivity index (χ0) is 13.9. The molecule has 0 spiro atoms. The third kappa shape index (κ3) is 4.12. The van der Waals surface area contributed by atoms with E-state index in [-0.39, 0.29) is 0 Å². The first kappa shape index (κ1) is 13.7. The Hall–Kier alpha value is -1.77. The van der Waals surface area contributed by atoms with Gasteiger partial charge in [0.15, 0.2) is 0 Å². The van der Waals surface area contributed by atoms with Gasteiger partial charge in [-0.3, -0.25) is 0 Å². The minimum atomic E-state index is -3.68. The summed E-state index contributed by atoms with van der Waals surface area (Å²) in [6, 6.07) is 14.3. The molecule has 2 rings (SSSR count). The van der Waals surface area contributed by atoms with Crippen LogP contribution in [0.5, 0.6) is 11.5 Å². The summed E-state index contributed by atoms with van der Waals surface area (Å²) in [7, 11) is -3.68. The van der Waals surface area contributed by atoms with Gasteiger partial charge in [0.2, 0.25) is 0 Å². The van der Waals surface area contributed by atoms with Crippen molar-refractivity contribution < 1.29 is 13.6 Å². The summed E-state index contributed by atoms with van der Waals surface area (Å²) in [6.07, 6.45) is 0. The molecule has 2 aromatic carbocycles. The predicted octanol–water partition coefficient (Wildman–Crippen LogP) is 3.83. The maximum Gasteiger partial charge on any atom is 0.510 e. The molecular formula is C14H16NO3P. The smallest absolute Gasteiger partial charge is 0.405 e. The Morgan fingerprint density at radius 3 is 1.68 bits per heavy atom. The highest BCUT2D eigenvalue weighted by Gasteiger charge is 2.22. The maximum atomic E-state index is 12.1. The van der Waals surface area contributed by atoms with Gasteiger partial charge in [0.05, 0.1) is 0 Å². The molecule has 0 aliphatic carbocycles. The quantitative estimate of drug-likeness (QED) is 0.863. The Morgan fingerprint density at radius 2 is 1.32 bits per heavy atom. The number of hydrogen-bond acceptors (Lipinski definition) is 3. The van der Waals surface area contributed by atoms with Crippen LogP contribution in [0.3, 0.4) is 0 Å². The van der Waals surface area contributed by atoms with Crippen LogP contribution in [0.15, 0.2) is 48.5 Å². The lowest BCUT2D eigenvalue weighted by Gasteiger charge is -2.15. The Morgan fingerprint density at radius 1 is 0.895 bits per heavy atom. The largest absolute Gasteiger partial charge is 0.510 e. The molecule has 0 saturated heterocycles. The highest BCUT2D eigenvalue weighted by molar-refractivity contribution is 7.52. The van der Waals surface area contributed by atoms with Crippen molar-refractivity contribution >= 4 is 7.75 Å². The van der Waals surface area contributed by atoms with Crippen LogP contribution in [-0.4, -0.2) is 0 Å². The van der Waals surface area contributed by atoms with Gasteiger partial charge in [-0.15, -0.1) is 0 Å². The van der Waals surface area contributed by atoms with E-state index < -0.39 is 7.75 Å². The zero-order valence-corrected chi connectivity index (χ0v) is 11.8. The number of rotatable bonds is 4. The van der Waals surface area contributed by atoms with Gasteiger partial charge in [-0.1, -0.05) is 24.3 Å². The summed E-state index contributed by atoms with van der Waals surface area (Å²) in [6.45, 7) is 3.82. The number of nitrogens with two attached hydrogens (primary N) is 1. The standard InChI is InChI=1S/C14H16NO3P/c1-11-5-3-7-13(9-11)17-19(15,16)18-14-8-4-6-12(2)10-14/h3-10H,1-2H3,(H2,15,16). The van der Waals surface area contributed by atoms with Crippen molar-refractivity contribution in [3.63, 3.8) is 0 Å². The van der Waals surface area contributed by atoms with Gasteiger partial charge in [-0.05, 0) is 49.2 Å². The Labute approximate surface area is 112 Å². The van der Waals surface area contributed by atoms with Crippen molar-refractivity contribution in [2.24, 2.45) is 5.50 Å². The second-order valence-corrected chi connectivity index (χ2v) is 5.80. The van der Waals surface area contributed by atoms with E-state index in [1.807, 2.05) is 26.0 Å². The first-order chi connectivity index (χ1) is 8.94. The van der Waals surface area contributed by atoms with Crippen LogP contribution in [0, 0.1) is 13.8 Å². The van der Waals surface area contributed by atoms with Crippen LogP contribution in [0.4, 0.5) is 0 Å². The van der Waals surface area contributed by atoms with E-state index in [9.17, 15) is 4.57 Å². The van der Waals surface area contributed by atoms with Gasteiger partial charge in [0, 0.05) is 0 Å². The minimum absolute atomic E-state index is 0.429. The van der Waals surface area contributed by atoms with Crippen molar-refractivity contribution in [2.45, 2.75) is 13.8 Å². The van der Waals surface area contributed by atoms with E-state index in [1.54, 1.807) is 36.4 Å². The molecule has 0 aliphatic heterocycles. The minimum Gasteiger partial charge on any atom is -0.405 e. The maximum absolute atomic E-state index is 12.1. The first-order valence-corrected chi connectivity index (χ1v) is 7.47. The van der Waals surface area contributed by atoms with Crippen LogP contribution in [0.2, 0.25) is 0 Å². The summed E-state index contributed by atoms with van der Waals surface area (Å²) in [4.78, 5) is 0. The van der Waals surface area contributed by atoms with E-state index in [4.69, 9.17) is 14.6 Å². The third-order valence-electron chi connectivity index (χ3n) is 2.44. The van der Waals surface area contributed by atoms with E-state index in [0.717, 1.165) is 11.1 Å². The average Bonchev–Trinajstić information content (AvgIpc) is 2.27. The zero-order valence-electron chi connectivity index (χ0n) is 10.9.